The summed E-state index contributed by atoms with van der Waals surface area (Å²) in [6, 6.07) is 2.10. The molecule has 0 saturated heterocycles. The summed E-state index contributed by atoms with van der Waals surface area (Å²) >= 11 is 1.66. The fourth-order valence-corrected chi connectivity index (χ4v) is 3.42. The van der Waals surface area contributed by atoms with E-state index in [1.807, 2.05) is 6.92 Å². The molecule has 0 unspecified atom stereocenters. The molecule has 0 aliphatic carbocycles. The Labute approximate surface area is 109 Å². The summed E-state index contributed by atoms with van der Waals surface area (Å²) < 4.78 is 1.09. The van der Waals surface area contributed by atoms with Crippen LogP contribution in [-0.4, -0.2) is 21.5 Å². The van der Waals surface area contributed by atoms with Gasteiger partial charge in [0.1, 0.15) is 17.0 Å². The fourth-order valence-electron chi connectivity index (χ4n) is 2.20. The van der Waals surface area contributed by atoms with Crippen LogP contribution in [0.1, 0.15) is 18.2 Å². The summed E-state index contributed by atoms with van der Waals surface area (Å²) in [6.45, 7) is 7.05. The maximum Gasteiger partial charge on any atom is 0.147 e. The van der Waals surface area contributed by atoms with Crippen molar-refractivity contribution in [3.05, 3.63) is 23.7 Å². The lowest BCUT2D eigenvalue weighted by atomic mass is 10.1. The molecule has 0 aliphatic rings. The minimum atomic E-state index is 0.853. The second kappa shape index (κ2) is 4.17. The van der Waals surface area contributed by atoms with Crippen LogP contribution in [0.25, 0.3) is 20.4 Å². The molecule has 1 N–H and O–H groups in total. The number of rotatable bonds is 2. The minimum absolute atomic E-state index is 0.853. The van der Waals surface area contributed by atoms with E-state index in [4.69, 9.17) is 0 Å². The normalized spacial score (nSPS) is 11.3. The summed E-state index contributed by atoms with van der Waals surface area (Å²) in [7, 11) is 0. The first-order valence-electron chi connectivity index (χ1n) is 5.96. The number of hydrogen-bond donors (Lipinski definition) is 1. The van der Waals surface area contributed by atoms with E-state index in [0.29, 0.717) is 0 Å². The van der Waals surface area contributed by atoms with Crippen molar-refractivity contribution >= 4 is 37.6 Å². The standard InChI is InChI=1S/C13H14N4S/c1-4-14-12-11-10(15-6-16-12)9-7(2)5-8(3)17-13(9)18-11/h5-6H,4H2,1-3H3,(H,14,15,16). The Kier molecular flexibility index (Phi) is 2.63. The van der Waals surface area contributed by atoms with Crippen molar-refractivity contribution in [3.63, 3.8) is 0 Å². The van der Waals surface area contributed by atoms with Gasteiger partial charge >= 0.3 is 0 Å². The van der Waals surface area contributed by atoms with E-state index in [1.165, 1.54) is 5.56 Å². The second-order valence-corrected chi connectivity index (χ2v) is 5.29. The van der Waals surface area contributed by atoms with Gasteiger partial charge in [-0.2, -0.15) is 0 Å². The molecular formula is C13H14N4S. The molecule has 0 atom stereocenters. The van der Waals surface area contributed by atoms with Gasteiger partial charge in [-0.25, -0.2) is 15.0 Å². The Hall–Kier alpha value is -1.75. The molecule has 18 heavy (non-hydrogen) atoms. The van der Waals surface area contributed by atoms with E-state index in [9.17, 15) is 0 Å². The molecule has 0 aliphatic heterocycles. The second-order valence-electron chi connectivity index (χ2n) is 4.29. The van der Waals surface area contributed by atoms with Crippen LogP contribution >= 0.6 is 11.3 Å². The molecule has 0 spiro atoms. The van der Waals surface area contributed by atoms with Gasteiger partial charge < -0.3 is 5.32 Å². The quantitative estimate of drug-likeness (QED) is 0.766. The highest BCUT2D eigenvalue weighted by Gasteiger charge is 2.13. The largest absolute Gasteiger partial charge is 0.369 e. The van der Waals surface area contributed by atoms with Crippen LogP contribution in [0.4, 0.5) is 5.82 Å². The topological polar surface area (TPSA) is 50.7 Å². The van der Waals surface area contributed by atoms with Crippen molar-refractivity contribution in [2.75, 3.05) is 11.9 Å². The Morgan fingerprint density at radius 2 is 2.11 bits per heavy atom. The van der Waals surface area contributed by atoms with Crippen molar-refractivity contribution in [2.45, 2.75) is 20.8 Å². The number of nitrogens with one attached hydrogen (secondary N) is 1. The van der Waals surface area contributed by atoms with Crippen LogP contribution in [0, 0.1) is 13.8 Å². The predicted molar refractivity (Wildman–Crippen MR) is 76.4 cm³/mol. The van der Waals surface area contributed by atoms with Crippen molar-refractivity contribution in [3.8, 4) is 0 Å². The van der Waals surface area contributed by atoms with E-state index in [2.05, 4.69) is 40.2 Å². The fraction of sp³-hybridized carbons (Fsp3) is 0.308. The maximum absolute atomic E-state index is 4.60. The zero-order valence-electron chi connectivity index (χ0n) is 10.6. The molecular weight excluding hydrogens is 244 g/mol. The van der Waals surface area contributed by atoms with Gasteiger partial charge in [-0.05, 0) is 32.4 Å². The number of anilines is 1. The first-order chi connectivity index (χ1) is 8.70. The Morgan fingerprint density at radius 1 is 1.28 bits per heavy atom. The van der Waals surface area contributed by atoms with Crippen LogP contribution in [0.15, 0.2) is 12.4 Å². The third kappa shape index (κ3) is 1.62. The van der Waals surface area contributed by atoms with Crippen molar-refractivity contribution in [2.24, 2.45) is 0 Å². The molecule has 3 heterocycles. The van der Waals surface area contributed by atoms with Gasteiger partial charge in [-0.15, -0.1) is 11.3 Å². The van der Waals surface area contributed by atoms with Crippen LogP contribution in [0.3, 0.4) is 0 Å². The van der Waals surface area contributed by atoms with E-state index in [-0.39, 0.29) is 0 Å². The number of thiophene rings is 1. The highest BCUT2D eigenvalue weighted by Crippen LogP contribution is 2.36. The Bertz CT molecular complexity index is 733. The van der Waals surface area contributed by atoms with E-state index in [1.54, 1.807) is 17.7 Å². The number of pyridine rings is 1. The number of nitrogens with zero attached hydrogens (tertiary/aromatic N) is 3. The van der Waals surface area contributed by atoms with Gasteiger partial charge in [0.15, 0.2) is 0 Å². The summed E-state index contributed by atoms with van der Waals surface area (Å²) in [6.07, 6.45) is 1.62. The van der Waals surface area contributed by atoms with Crippen LogP contribution in [-0.2, 0) is 0 Å². The Morgan fingerprint density at radius 3 is 2.89 bits per heavy atom. The highest BCUT2D eigenvalue weighted by molar-refractivity contribution is 7.26. The molecule has 3 rings (SSSR count). The molecule has 4 nitrogen and oxygen atoms in total. The maximum atomic E-state index is 4.60. The van der Waals surface area contributed by atoms with Crippen LogP contribution < -0.4 is 5.32 Å². The van der Waals surface area contributed by atoms with Gasteiger partial charge in [0.2, 0.25) is 0 Å². The molecule has 0 amide bonds. The third-order valence-corrected chi connectivity index (χ3v) is 3.97. The number of aromatic nitrogens is 3. The summed E-state index contributed by atoms with van der Waals surface area (Å²) in [5.41, 5.74) is 3.28. The number of fused-ring (bicyclic) bond motifs is 3. The van der Waals surface area contributed by atoms with Gasteiger partial charge in [-0.3, -0.25) is 0 Å². The molecule has 0 aromatic carbocycles. The minimum Gasteiger partial charge on any atom is -0.369 e. The van der Waals surface area contributed by atoms with Crippen molar-refractivity contribution in [1.82, 2.24) is 15.0 Å². The van der Waals surface area contributed by atoms with Gasteiger partial charge in [0.25, 0.3) is 0 Å². The zero-order valence-corrected chi connectivity index (χ0v) is 11.4. The van der Waals surface area contributed by atoms with Crippen LogP contribution in [0.5, 0.6) is 0 Å². The average molecular weight is 258 g/mol. The average Bonchev–Trinajstić information content (AvgIpc) is 2.68. The molecule has 3 aromatic rings. The van der Waals surface area contributed by atoms with Crippen LogP contribution in [0.2, 0.25) is 0 Å². The molecule has 0 radical (unpaired) electrons. The van der Waals surface area contributed by atoms with E-state index >= 15 is 0 Å². The SMILES string of the molecule is CCNc1ncnc2c1sc1nc(C)cc(C)c12. The number of aryl methyl sites for hydroxylation is 2. The summed E-state index contributed by atoms with van der Waals surface area (Å²) in [5, 5.41) is 4.43. The third-order valence-electron chi connectivity index (χ3n) is 2.90. The van der Waals surface area contributed by atoms with E-state index < -0.39 is 0 Å². The van der Waals surface area contributed by atoms with E-state index in [0.717, 1.165) is 38.5 Å². The van der Waals surface area contributed by atoms with Crippen molar-refractivity contribution < 1.29 is 0 Å². The van der Waals surface area contributed by atoms with Gasteiger partial charge in [0.05, 0.1) is 10.2 Å². The smallest absolute Gasteiger partial charge is 0.147 e. The number of hydrogen-bond acceptors (Lipinski definition) is 5. The van der Waals surface area contributed by atoms with Gasteiger partial charge in [-0.1, -0.05) is 0 Å². The summed E-state index contributed by atoms with van der Waals surface area (Å²) in [4.78, 5) is 14.4. The first kappa shape index (κ1) is 11.3. The molecule has 0 bridgehead atoms. The molecule has 0 saturated carbocycles. The Balaban J connectivity index is 2.43. The molecule has 0 fully saturated rings. The summed E-state index contributed by atoms with van der Waals surface area (Å²) in [5.74, 6) is 0.905. The zero-order chi connectivity index (χ0) is 12.7. The first-order valence-corrected chi connectivity index (χ1v) is 6.77. The lowest BCUT2D eigenvalue weighted by Crippen LogP contribution is -1.99. The van der Waals surface area contributed by atoms with Crippen molar-refractivity contribution in [1.29, 1.82) is 0 Å². The predicted octanol–water partition coefficient (Wildman–Crippen LogP) is 3.29. The molecule has 3 aromatic heterocycles. The lowest BCUT2D eigenvalue weighted by molar-refractivity contribution is 1.15. The van der Waals surface area contributed by atoms with Gasteiger partial charge in [0, 0.05) is 17.6 Å². The lowest BCUT2D eigenvalue weighted by Gasteiger charge is -2.02. The monoisotopic (exact) mass is 258 g/mol. The highest BCUT2D eigenvalue weighted by atomic mass is 32.1. The molecule has 5 heteroatoms. The molecule has 92 valence electrons.